The van der Waals surface area contributed by atoms with E-state index in [9.17, 15) is 39.0 Å². The van der Waals surface area contributed by atoms with Crippen molar-refractivity contribution in [3.05, 3.63) is 22.8 Å². The van der Waals surface area contributed by atoms with Gasteiger partial charge in [-0.25, -0.2) is 0 Å². The van der Waals surface area contributed by atoms with E-state index in [0.717, 1.165) is 0 Å². The van der Waals surface area contributed by atoms with Gasteiger partial charge in [0.25, 0.3) is 0 Å². The van der Waals surface area contributed by atoms with E-state index < -0.39 is 64.4 Å². The number of aliphatic hydroxyl groups is 1. The Morgan fingerprint density at radius 1 is 1.14 bits per heavy atom. The number of nitrogens with one attached hydrogen (secondary N) is 1. The van der Waals surface area contributed by atoms with Gasteiger partial charge in [-0.2, -0.15) is 0 Å². The first kappa shape index (κ1) is 31.3. The highest BCUT2D eigenvalue weighted by atomic mass is 16.5. The SMILES string of the molecule is COC(=O)CCCNCc1cc(N(C)C)c2c(c1O)C(=O)C1C(=O)[C@]3(O)C(=O)C(C(N)=O)C(=O)[C@H](N(C)C)[C@@H]3C[C@@H]1C2. The van der Waals surface area contributed by atoms with E-state index in [1.165, 1.54) is 12.0 Å². The Morgan fingerprint density at radius 3 is 2.38 bits per heavy atom. The number of Topliss-reactive ketones (excluding diaryl/α,β-unsaturated/α-hetero) is 4. The molecule has 3 aliphatic carbocycles. The Morgan fingerprint density at radius 2 is 1.81 bits per heavy atom. The lowest BCUT2D eigenvalue weighted by Gasteiger charge is -2.52. The van der Waals surface area contributed by atoms with Crippen LogP contribution in [0.5, 0.6) is 5.75 Å². The van der Waals surface area contributed by atoms with Gasteiger partial charge in [-0.3, -0.25) is 33.7 Å². The number of methoxy groups -OCH3 is 1. The number of carbonyl (C=O) groups excluding carboxylic acids is 6. The molecule has 0 aromatic heterocycles. The summed E-state index contributed by atoms with van der Waals surface area (Å²) in [6.07, 6.45) is 0.874. The van der Waals surface area contributed by atoms with Gasteiger partial charge in [0.2, 0.25) is 5.91 Å². The lowest BCUT2D eigenvalue weighted by molar-refractivity contribution is -0.181. The number of nitrogens with two attached hydrogens (primary N) is 1. The second-order valence-corrected chi connectivity index (χ2v) is 11.8. The Kier molecular flexibility index (Phi) is 8.59. The molecule has 2 unspecified atom stereocenters. The van der Waals surface area contributed by atoms with Gasteiger partial charge in [-0.1, -0.05) is 0 Å². The number of anilines is 1. The summed E-state index contributed by atoms with van der Waals surface area (Å²) in [5, 5.41) is 26.1. The van der Waals surface area contributed by atoms with Crippen molar-refractivity contribution in [3.63, 3.8) is 0 Å². The molecule has 2 saturated carbocycles. The number of esters is 1. The van der Waals surface area contributed by atoms with Crippen molar-refractivity contribution in [1.29, 1.82) is 0 Å². The molecule has 1 amide bonds. The van der Waals surface area contributed by atoms with Crippen LogP contribution in [0.25, 0.3) is 0 Å². The van der Waals surface area contributed by atoms with Gasteiger partial charge in [0.05, 0.1) is 24.6 Å². The normalized spacial score (nSPS) is 28.7. The first-order valence-corrected chi connectivity index (χ1v) is 13.9. The zero-order valence-electron chi connectivity index (χ0n) is 24.4. The van der Waals surface area contributed by atoms with Crippen LogP contribution >= 0.6 is 0 Å². The van der Waals surface area contributed by atoms with Gasteiger partial charge in [-0.15, -0.1) is 0 Å². The van der Waals surface area contributed by atoms with Crippen molar-refractivity contribution in [2.45, 2.75) is 43.9 Å². The lowest BCUT2D eigenvalue weighted by Crippen LogP contribution is -2.74. The number of fused-ring (bicyclic) bond motifs is 3. The van der Waals surface area contributed by atoms with Crippen molar-refractivity contribution < 1.29 is 43.7 Å². The van der Waals surface area contributed by atoms with Crippen LogP contribution in [-0.2, 0) is 41.7 Å². The molecule has 42 heavy (non-hydrogen) atoms. The Bertz CT molecular complexity index is 1360. The van der Waals surface area contributed by atoms with E-state index in [1.807, 2.05) is 0 Å². The number of primary amides is 1. The summed E-state index contributed by atoms with van der Waals surface area (Å²) >= 11 is 0. The highest BCUT2D eigenvalue weighted by Gasteiger charge is 2.69. The molecule has 13 nitrogen and oxygen atoms in total. The number of ether oxygens (including phenoxy) is 1. The average Bonchev–Trinajstić information content (AvgIpc) is 2.90. The van der Waals surface area contributed by atoms with Crippen LogP contribution in [0.1, 0.15) is 40.7 Å². The van der Waals surface area contributed by atoms with Crippen LogP contribution in [-0.4, -0.2) is 104 Å². The maximum atomic E-state index is 14.0. The second-order valence-electron chi connectivity index (χ2n) is 11.8. The standard InChI is InChI=1S/C29H38N4O9/c1-32(2)17-11-14(12-31-8-6-7-18(34)42-5)23(35)20-15(17)9-13-10-16-22(33(3)4)25(37)21(28(30)40)27(39)29(16,41)26(38)19(13)24(20)36/h11,13,16,19,21-22,31,35,41H,6-10,12H2,1-5H3,(H2,30,40)/t13-,16-,19?,21?,22+,29-/m0/s1. The van der Waals surface area contributed by atoms with Crippen LogP contribution in [0.2, 0.25) is 0 Å². The molecule has 0 bridgehead atoms. The van der Waals surface area contributed by atoms with E-state index in [4.69, 9.17) is 5.73 Å². The molecular formula is C29H38N4O9. The van der Waals surface area contributed by atoms with Gasteiger partial charge in [-0.05, 0) is 57.5 Å². The zero-order valence-corrected chi connectivity index (χ0v) is 24.4. The van der Waals surface area contributed by atoms with E-state index in [0.29, 0.717) is 29.8 Å². The lowest BCUT2D eigenvalue weighted by atomic mass is 9.52. The van der Waals surface area contributed by atoms with Crippen molar-refractivity contribution in [2.24, 2.45) is 29.4 Å². The number of likely N-dealkylation sites (N-methyl/N-ethyl adjacent to an activating group) is 1. The maximum absolute atomic E-state index is 14.0. The molecule has 3 aliphatic rings. The minimum atomic E-state index is -2.77. The highest BCUT2D eigenvalue weighted by molar-refractivity contribution is 6.32. The predicted molar refractivity (Wildman–Crippen MR) is 149 cm³/mol. The number of hydrogen-bond donors (Lipinski definition) is 4. The summed E-state index contributed by atoms with van der Waals surface area (Å²) in [5.41, 5.74) is 4.12. The molecule has 0 heterocycles. The molecule has 0 saturated heterocycles. The van der Waals surface area contributed by atoms with Gasteiger partial charge in [0.1, 0.15) is 5.75 Å². The number of phenols is 1. The van der Waals surface area contributed by atoms with Gasteiger partial charge in [0, 0.05) is 44.2 Å². The Hall–Kier alpha value is -3.68. The fraction of sp³-hybridized carbons (Fsp3) is 0.586. The number of ketones is 4. The first-order valence-electron chi connectivity index (χ1n) is 13.9. The van der Waals surface area contributed by atoms with E-state index in [-0.39, 0.29) is 43.1 Å². The Labute approximate surface area is 243 Å². The molecule has 4 rings (SSSR count). The third-order valence-electron chi connectivity index (χ3n) is 8.88. The molecule has 228 valence electrons. The fourth-order valence-corrected chi connectivity index (χ4v) is 6.92. The number of amides is 1. The van der Waals surface area contributed by atoms with Crippen molar-refractivity contribution in [2.75, 3.05) is 46.7 Å². The largest absolute Gasteiger partial charge is 0.507 e. The molecule has 5 N–H and O–H groups in total. The summed E-state index contributed by atoms with van der Waals surface area (Å²) in [6.45, 7) is 0.594. The second kappa shape index (κ2) is 11.5. The summed E-state index contributed by atoms with van der Waals surface area (Å²) in [7, 11) is 7.96. The number of rotatable bonds is 9. The third kappa shape index (κ3) is 4.88. The molecule has 13 heteroatoms. The average molecular weight is 587 g/mol. The van der Waals surface area contributed by atoms with Crippen LogP contribution in [0.4, 0.5) is 5.69 Å². The minimum Gasteiger partial charge on any atom is -0.507 e. The van der Waals surface area contributed by atoms with Crippen LogP contribution in [0, 0.1) is 23.7 Å². The van der Waals surface area contributed by atoms with E-state index in [1.54, 1.807) is 39.2 Å². The number of phenolic OH excluding ortho intramolecular Hbond substituents is 1. The van der Waals surface area contributed by atoms with Crippen molar-refractivity contribution in [3.8, 4) is 5.75 Å². The number of hydrogen-bond acceptors (Lipinski definition) is 12. The molecule has 0 spiro atoms. The van der Waals surface area contributed by atoms with Gasteiger partial charge >= 0.3 is 5.97 Å². The Balaban J connectivity index is 1.74. The van der Waals surface area contributed by atoms with Crippen LogP contribution < -0.4 is 16.0 Å². The van der Waals surface area contributed by atoms with E-state index in [2.05, 4.69) is 10.1 Å². The van der Waals surface area contributed by atoms with Gasteiger partial charge < -0.3 is 30.9 Å². The summed E-state index contributed by atoms with van der Waals surface area (Å²) in [6, 6.07) is 0.602. The highest BCUT2D eigenvalue weighted by Crippen LogP contribution is 2.52. The number of benzene rings is 1. The minimum absolute atomic E-state index is 0.0129. The van der Waals surface area contributed by atoms with Crippen molar-refractivity contribution >= 4 is 40.7 Å². The topological polar surface area (TPSA) is 197 Å². The van der Waals surface area contributed by atoms with Crippen LogP contribution in [0.15, 0.2) is 6.07 Å². The third-order valence-corrected chi connectivity index (χ3v) is 8.88. The molecule has 1 aromatic carbocycles. The first-order chi connectivity index (χ1) is 19.7. The smallest absolute Gasteiger partial charge is 0.305 e. The molecule has 2 fully saturated rings. The summed E-state index contributed by atoms with van der Waals surface area (Å²) < 4.78 is 4.63. The molecule has 1 aromatic rings. The van der Waals surface area contributed by atoms with Crippen LogP contribution in [0.3, 0.4) is 0 Å². The monoisotopic (exact) mass is 586 g/mol. The number of aromatic hydroxyl groups is 1. The fourth-order valence-electron chi connectivity index (χ4n) is 6.92. The molecule has 0 aliphatic heterocycles. The number of nitrogens with zero attached hydrogens (tertiary/aromatic N) is 2. The predicted octanol–water partition coefficient (Wildman–Crippen LogP) is -1.02. The van der Waals surface area contributed by atoms with E-state index >= 15 is 0 Å². The molecular weight excluding hydrogens is 548 g/mol. The number of carbonyl (C=O) groups is 6. The van der Waals surface area contributed by atoms with Crippen molar-refractivity contribution in [1.82, 2.24) is 10.2 Å². The molecule has 6 atom stereocenters. The summed E-state index contributed by atoms with van der Waals surface area (Å²) in [5.74, 6) is -11.1. The molecule has 0 radical (unpaired) electrons. The summed E-state index contributed by atoms with van der Waals surface area (Å²) in [4.78, 5) is 81.5. The quantitative estimate of drug-likeness (QED) is 0.156. The van der Waals surface area contributed by atoms with Gasteiger partial charge in [0.15, 0.2) is 34.7 Å². The maximum Gasteiger partial charge on any atom is 0.305 e. The zero-order chi connectivity index (χ0) is 31.3.